The van der Waals surface area contributed by atoms with Gasteiger partial charge in [0.05, 0.1) is 11.8 Å². The van der Waals surface area contributed by atoms with Crippen LogP contribution in [-0.4, -0.2) is 76.9 Å². The summed E-state index contributed by atoms with van der Waals surface area (Å²) in [5, 5.41) is 14.2. The summed E-state index contributed by atoms with van der Waals surface area (Å²) in [5.74, 6) is 1.49. The lowest BCUT2D eigenvalue weighted by atomic mass is 10.1. The van der Waals surface area contributed by atoms with Gasteiger partial charge in [-0.2, -0.15) is 10.4 Å². The van der Waals surface area contributed by atoms with Crippen LogP contribution in [0, 0.1) is 11.3 Å². The molecule has 2 aromatic heterocycles. The Morgan fingerprint density at radius 3 is 2.15 bits per heavy atom. The molecule has 8 heteroatoms. The molecule has 6 rings (SSSR count). The Bertz CT molecular complexity index is 1460. The number of ether oxygens (including phenoxy) is 2. The molecule has 2 saturated heterocycles. The van der Waals surface area contributed by atoms with E-state index < -0.39 is 0 Å². The fourth-order valence-corrected chi connectivity index (χ4v) is 5.64. The zero-order valence-electron chi connectivity index (χ0n) is 23.0. The topological polar surface area (TPSA) is 78.9 Å². The summed E-state index contributed by atoms with van der Waals surface area (Å²) in [6.45, 7) is 7.76. The van der Waals surface area contributed by atoms with Crippen molar-refractivity contribution < 1.29 is 9.47 Å². The van der Waals surface area contributed by atoms with Crippen molar-refractivity contribution in [3.8, 4) is 39.8 Å². The molecule has 0 aliphatic carbocycles. The Kier molecular flexibility index (Phi) is 8.22. The highest BCUT2D eigenvalue weighted by molar-refractivity contribution is 5.79. The van der Waals surface area contributed by atoms with E-state index in [1.807, 2.05) is 48.9 Å². The molecule has 0 unspecified atom stereocenters. The Morgan fingerprint density at radius 1 is 0.750 bits per heavy atom. The maximum Gasteiger partial charge on any atom is 0.162 e. The molecule has 0 amide bonds. The van der Waals surface area contributed by atoms with Gasteiger partial charge in [0, 0.05) is 36.6 Å². The molecule has 2 aromatic carbocycles. The van der Waals surface area contributed by atoms with Crippen molar-refractivity contribution in [2.45, 2.75) is 32.1 Å². The number of aromatic nitrogens is 3. The first kappa shape index (κ1) is 26.3. The highest BCUT2D eigenvalue weighted by atomic mass is 16.5. The Hall–Kier alpha value is -3.93. The van der Waals surface area contributed by atoms with Crippen molar-refractivity contribution in [2.24, 2.45) is 0 Å². The average molecular weight is 537 g/mol. The molecule has 0 saturated carbocycles. The number of hydrogen-bond acceptors (Lipinski definition) is 7. The van der Waals surface area contributed by atoms with E-state index >= 15 is 0 Å². The van der Waals surface area contributed by atoms with Gasteiger partial charge in [-0.3, -0.25) is 9.80 Å². The molecular formula is C32H36N6O2. The summed E-state index contributed by atoms with van der Waals surface area (Å²) in [7, 11) is 0. The van der Waals surface area contributed by atoms with Gasteiger partial charge in [0.1, 0.15) is 30.8 Å². The second-order valence-corrected chi connectivity index (χ2v) is 10.7. The van der Waals surface area contributed by atoms with Crippen LogP contribution in [0.2, 0.25) is 0 Å². The predicted octanol–water partition coefficient (Wildman–Crippen LogP) is 5.27. The number of benzene rings is 2. The normalized spacial score (nSPS) is 16.3. The minimum atomic E-state index is 0.538. The van der Waals surface area contributed by atoms with E-state index in [1.54, 1.807) is 4.52 Å². The van der Waals surface area contributed by atoms with Crippen molar-refractivity contribution in [3.63, 3.8) is 0 Å². The van der Waals surface area contributed by atoms with Crippen molar-refractivity contribution in [1.82, 2.24) is 24.4 Å². The van der Waals surface area contributed by atoms with Gasteiger partial charge in [0.15, 0.2) is 5.65 Å². The minimum Gasteiger partial charge on any atom is -0.492 e. The van der Waals surface area contributed by atoms with Gasteiger partial charge in [-0.1, -0.05) is 24.6 Å². The smallest absolute Gasteiger partial charge is 0.162 e. The van der Waals surface area contributed by atoms with E-state index in [-0.39, 0.29) is 0 Å². The van der Waals surface area contributed by atoms with E-state index in [1.165, 1.54) is 45.2 Å². The lowest BCUT2D eigenvalue weighted by molar-refractivity contribution is 0.183. The van der Waals surface area contributed by atoms with Crippen molar-refractivity contribution in [2.75, 3.05) is 52.5 Å². The molecule has 2 aliphatic rings. The molecule has 40 heavy (non-hydrogen) atoms. The molecule has 8 nitrogen and oxygen atoms in total. The standard InChI is InChI=1S/C32H36N6O2/c33-21-27-7-6-26(20-31(27)40-19-17-37-14-4-5-15-37)30-23-35-38-24-28(22-34-32(30)38)25-8-10-29(11-9-25)39-18-16-36-12-2-1-3-13-36/h6-11,20,22-24H,1-5,12-19H2. The van der Waals surface area contributed by atoms with Crippen LogP contribution in [0.1, 0.15) is 37.7 Å². The van der Waals surface area contributed by atoms with Crippen LogP contribution in [0.5, 0.6) is 11.5 Å². The third-order valence-corrected chi connectivity index (χ3v) is 7.95. The van der Waals surface area contributed by atoms with Gasteiger partial charge in [-0.05, 0) is 87.3 Å². The maximum atomic E-state index is 9.60. The highest BCUT2D eigenvalue weighted by Gasteiger charge is 2.15. The van der Waals surface area contributed by atoms with Crippen LogP contribution in [0.15, 0.2) is 61.1 Å². The largest absolute Gasteiger partial charge is 0.492 e. The van der Waals surface area contributed by atoms with Gasteiger partial charge in [0.25, 0.3) is 0 Å². The zero-order chi connectivity index (χ0) is 27.1. The number of likely N-dealkylation sites (tertiary alicyclic amines) is 2. The Morgan fingerprint density at radius 2 is 1.43 bits per heavy atom. The number of fused-ring (bicyclic) bond motifs is 1. The first-order chi connectivity index (χ1) is 19.8. The lowest BCUT2D eigenvalue weighted by Gasteiger charge is -2.26. The quantitative estimate of drug-likeness (QED) is 0.273. The van der Waals surface area contributed by atoms with Crippen LogP contribution in [0.4, 0.5) is 0 Å². The van der Waals surface area contributed by atoms with Crippen molar-refractivity contribution in [3.05, 3.63) is 66.6 Å². The van der Waals surface area contributed by atoms with Gasteiger partial charge < -0.3 is 9.47 Å². The lowest BCUT2D eigenvalue weighted by Crippen LogP contribution is -2.33. The summed E-state index contributed by atoms with van der Waals surface area (Å²) in [6.07, 6.45) is 12.1. The number of rotatable bonds is 10. The third-order valence-electron chi connectivity index (χ3n) is 7.95. The van der Waals surface area contributed by atoms with Crippen LogP contribution in [0.25, 0.3) is 27.9 Å². The van der Waals surface area contributed by atoms with Crippen LogP contribution in [0.3, 0.4) is 0 Å². The number of hydrogen-bond donors (Lipinski definition) is 0. The maximum absolute atomic E-state index is 9.60. The molecule has 0 atom stereocenters. The average Bonchev–Trinajstić information content (AvgIpc) is 3.68. The Balaban J connectivity index is 1.13. The SMILES string of the molecule is N#Cc1ccc(-c2cnn3cc(-c4ccc(OCCN5CCCCC5)cc4)cnc23)cc1OCCN1CCCC1. The molecule has 2 aliphatic heterocycles. The van der Waals surface area contributed by atoms with E-state index in [0.717, 1.165) is 59.8 Å². The third kappa shape index (κ3) is 6.11. The zero-order valence-corrected chi connectivity index (χ0v) is 23.0. The second kappa shape index (κ2) is 12.5. The minimum absolute atomic E-state index is 0.538. The van der Waals surface area contributed by atoms with Crippen LogP contribution >= 0.6 is 0 Å². The summed E-state index contributed by atoms with van der Waals surface area (Å²) < 4.78 is 13.9. The van der Waals surface area contributed by atoms with E-state index in [0.29, 0.717) is 24.5 Å². The fourth-order valence-electron chi connectivity index (χ4n) is 5.64. The molecule has 0 N–H and O–H groups in total. The van der Waals surface area contributed by atoms with Crippen molar-refractivity contribution in [1.29, 1.82) is 5.26 Å². The van der Waals surface area contributed by atoms with E-state index in [2.05, 4.69) is 33.1 Å². The first-order valence-corrected chi connectivity index (χ1v) is 14.5. The van der Waals surface area contributed by atoms with E-state index in [9.17, 15) is 5.26 Å². The van der Waals surface area contributed by atoms with Crippen LogP contribution < -0.4 is 9.47 Å². The van der Waals surface area contributed by atoms with Gasteiger partial charge in [0.2, 0.25) is 0 Å². The summed E-state index contributed by atoms with van der Waals surface area (Å²) in [4.78, 5) is 9.64. The molecule has 206 valence electrons. The summed E-state index contributed by atoms with van der Waals surface area (Å²) >= 11 is 0. The molecule has 4 aromatic rings. The highest BCUT2D eigenvalue weighted by Crippen LogP contribution is 2.30. The van der Waals surface area contributed by atoms with Gasteiger partial charge in [-0.15, -0.1) is 0 Å². The number of nitriles is 1. The fraction of sp³-hybridized carbons (Fsp3) is 0.406. The van der Waals surface area contributed by atoms with E-state index in [4.69, 9.17) is 14.5 Å². The summed E-state index contributed by atoms with van der Waals surface area (Å²) in [6, 6.07) is 16.1. The molecular weight excluding hydrogens is 500 g/mol. The molecule has 2 fully saturated rings. The first-order valence-electron chi connectivity index (χ1n) is 14.5. The predicted molar refractivity (Wildman–Crippen MR) is 156 cm³/mol. The van der Waals surface area contributed by atoms with Crippen molar-refractivity contribution >= 4 is 5.65 Å². The number of nitrogens with zero attached hydrogens (tertiary/aromatic N) is 6. The number of piperidine rings is 1. The second-order valence-electron chi connectivity index (χ2n) is 10.7. The Labute approximate surface area is 235 Å². The van der Waals surface area contributed by atoms with Gasteiger partial charge >= 0.3 is 0 Å². The molecule has 0 bridgehead atoms. The van der Waals surface area contributed by atoms with Crippen LogP contribution in [-0.2, 0) is 0 Å². The molecule has 0 radical (unpaired) electrons. The summed E-state index contributed by atoms with van der Waals surface area (Å²) in [5.41, 5.74) is 5.16. The monoisotopic (exact) mass is 536 g/mol. The molecule has 0 spiro atoms. The van der Waals surface area contributed by atoms with Gasteiger partial charge in [-0.25, -0.2) is 9.50 Å². The molecule has 4 heterocycles.